The molecule has 1 aliphatic carbocycles. The van der Waals surface area contributed by atoms with Crippen LogP contribution in [0.5, 0.6) is 5.75 Å². The number of aliphatic carboxylic acids is 1. The Labute approximate surface area is 133 Å². The topological polar surface area (TPSA) is 105 Å². The lowest BCUT2D eigenvalue weighted by Gasteiger charge is -2.26. The fourth-order valence-corrected chi connectivity index (χ4v) is 3.27. The van der Waals surface area contributed by atoms with E-state index < -0.39 is 29.4 Å². The first-order valence-corrected chi connectivity index (χ1v) is 7.45. The summed E-state index contributed by atoms with van der Waals surface area (Å²) in [5, 5.41) is 14.0. The second-order valence-corrected chi connectivity index (χ2v) is 6.01. The maximum Gasteiger partial charge on any atom is 0.322 e. The van der Waals surface area contributed by atoms with Crippen molar-refractivity contribution in [1.29, 1.82) is 0 Å². The molecule has 2 aliphatic rings. The number of methoxy groups -OCH3 is 1. The van der Waals surface area contributed by atoms with Gasteiger partial charge in [-0.25, -0.2) is 4.79 Å². The molecule has 1 aliphatic heterocycles. The van der Waals surface area contributed by atoms with E-state index in [1.165, 1.54) is 0 Å². The standard InChI is InChI=1S/C16H18N2O5/c1-23-10-4-2-9(3-5-10)6-7-16(12-8-11(12)13(19)20)14(21)17-15(22)18-16/h2-5,11-12H,6-8H2,1H3,(H,19,20)(H2,17,18,21,22). The lowest BCUT2D eigenvalue weighted by molar-refractivity contribution is -0.139. The number of imide groups is 1. The Morgan fingerprint density at radius 1 is 1.35 bits per heavy atom. The van der Waals surface area contributed by atoms with Crippen molar-refractivity contribution in [2.75, 3.05) is 7.11 Å². The molecule has 3 atom stereocenters. The molecule has 3 amide bonds. The molecule has 7 nitrogen and oxygen atoms in total. The van der Waals surface area contributed by atoms with E-state index in [0.29, 0.717) is 19.3 Å². The minimum atomic E-state index is -1.12. The maximum atomic E-state index is 12.3. The van der Waals surface area contributed by atoms with Gasteiger partial charge in [0.25, 0.3) is 5.91 Å². The van der Waals surface area contributed by atoms with Crippen molar-refractivity contribution in [2.45, 2.75) is 24.8 Å². The third kappa shape index (κ3) is 2.74. The van der Waals surface area contributed by atoms with Gasteiger partial charge in [-0.1, -0.05) is 12.1 Å². The molecule has 7 heteroatoms. The third-order valence-electron chi connectivity index (χ3n) is 4.68. The average molecular weight is 318 g/mol. The van der Waals surface area contributed by atoms with Crippen molar-refractivity contribution in [3.05, 3.63) is 29.8 Å². The average Bonchev–Trinajstić information content (AvgIpc) is 3.28. The molecule has 23 heavy (non-hydrogen) atoms. The number of hydrogen-bond donors (Lipinski definition) is 3. The van der Waals surface area contributed by atoms with Crippen LogP contribution in [0.4, 0.5) is 4.79 Å². The molecule has 3 unspecified atom stereocenters. The Morgan fingerprint density at radius 2 is 2.04 bits per heavy atom. The van der Waals surface area contributed by atoms with E-state index in [1.54, 1.807) is 7.11 Å². The summed E-state index contributed by atoms with van der Waals surface area (Å²) in [4.78, 5) is 35.0. The lowest BCUT2D eigenvalue weighted by atomic mass is 9.85. The number of amides is 3. The van der Waals surface area contributed by atoms with Gasteiger partial charge in [0.05, 0.1) is 13.0 Å². The third-order valence-corrected chi connectivity index (χ3v) is 4.68. The van der Waals surface area contributed by atoms with Crippen molar-refractivity contribution in [1.82, 2.24) is 10.6 Å². The van der Waals surface area contributed by atoms with Crippen molar-refractivity contribution >= 4 is 17.9 Å². The first-order valence-electron chi connectivity index (χ1n) is 7.45. The van der Waals surface area contributed by atoms with Gasteiger partial charge in [0.2, 0.25) is 0 Å². The van der Waals surface area contributed by atoms with Crippen molar-refractivity contribution in [2.24, 2.45) is 11.8 Å². The summed E-state index contributed by atoms with van der Waals surface area (Å²) < 4.78 is 5.10. The number of carbonyl (C=O) groups excluding carboxylic acids is 2. The number of carboxylic acids is 1. The number of carboxylic acid groups (broad SMARTS) is 1. The number of carbonyl (C=O) groups is 3. The maximum absolute atomic E-state index is 12.3. The lowest BCUT2D eigenvalue weighted by Crippen LogP contribution is -2.50. The van der Waals surface area contributed by atoms with Gasteiger partial charge in [-0.15, -0.1) is 0 Å². The monoisotopic (exact) mass is 318 g/mol. The minimum absolute atomic E-state index is 0.357. The van der Waals surface area contributed by atoms with E-state index >= 15 is 0 Å². The van der Waals surface area contributed by atoms with Crippen LogP contribution in [0.15, 0.2) is 24.3 Å². The van der Waals surface area contributed by atoms with E-state index in [4.69, 9.17) is 9.84 Å². The minimum Gasteiger partial charge on any atom is -0.497 e. The van der Waals surface area contributed by atoms with Crippen LogP contribution >= 0.6 is 0 Å². The highest BCUT2D eigenvalue weighted by atomic mass is 16.5. The first kappa shape index (κ1) is 15.3. The van der Waals surface area contributed by atoms with E-state index in [-0.39, 0.29) is 5.92 Å². The van der Waals surface area contributed by atoms with Gasteiger partial charge in [0.1, 0.15) is 11.3 Å². The molecule has 3 N–H and O–H groups in total. The van der Waals surface area contributed by atoms with Gasteiger partial charge in [0, 0.05) is 5.92 Å². The molecule has 0 radical (unpaired) electrons. The zero-order chi connectivity index (χ0) is 16.6. The second-order valence-electron chi connectivity index (χ2n) is 6.01. The number of nitrogens with one attached hydrogen (secondary N) is 2. The largest absolute Gasteiger partial charge is 0.497 e. The van der Waals surface area contributed by atoms with Crippen molar-refractivity contribution < 1.29 is 24.2 Å². The molecule has 0 bridgehead atoms. The molecular formula is C16H18N2O5. The summed E-state index contributed by atoms with van der Waals surface area (Å²) >= 11 is 0. The molecule has 1 aromatic carbocycles. The summed E-state index contributed by atoms with van der Waals surface area (Å²) in [6.45, 7) is 0. The van der Waals surface area contributed by atoms with Crippen LogP contribution < -0.4 is 15.4 Å². The zero-order valence-electron chi connectivity index (χ0n) is 12.7. The quantitative estimate of drug-likeness (QED) is 0.677. The van der Waals surface area contributed by atoms with Crippen molar-refractivity contribution in [3.8, 4) is 5.75 Å². The Morgan fingerprint density at radius 3 is 2.52 bits per heavy atom. The molecule has 1 heterocycles. The number of hydrogen-bond acceptors (Lipinski definition) is 4. The molecule has 3 rings (SSSR count). The van der Waals surface area contributed by atoms with Gasteiger partial charge in [-0.05, 0) is 37.0 Å². The molecule has 1 saturated carbocycles. The molecule has 1 aromatic rings. The number of ether oxygens (including phenoxy) is 1. The van der Waals surface area contributed by atoms with E-state index in [9.17, 15) is 14.4 Å². The summed E-state index contributed by atoms with van der Waals surface area (Å²) in [5.41, 5.74) is -0.133. The van der Waals surface area contributed by atoms with E-state index in [1.807, 2.05) is 24.3 Å². The number of aryl methyl sites for hydroxylation is 1. The van der Waals surface area contributed by atoms with Gasteiger partial charge >= 0.3 is 12.0 Å². The van der Waals surface area contributed by atoms with Crippen LogP contribution in [0.2, 0.25) is 0 Å². The molecule has 0 aromatic heterocycles. The number of benzene rings is 1. The second kappa shape index (κ2) is 5.57. The van der Waals surface area contributed by atoms with Crippen LogP contribution in [0, 0.1) is 11.8 Å². The molecular weight excluding hydrogens is 300 g/mol. The van der Waals surface area contributed by atoms with Crippen LogP contribution in [-0.4, -0.2) is 35.7 Å². The summed E-state index contributed by atoms with van der Waals surface area (Å²) in [7, 11) is 1.58. The Balaban J connectivity index is 1.76. The highest BCUT2D eigenvalue weighted by Crippen LogP contribution is 2.49. The summed E-state index contributed by atoms with van der Waals surface area (Å²) in [6.07, 6.45) is 1.33. The predicted octanol–water partition coefficient (Wildman–Crippen LogP) is 0.927. The van der Waals surface area contributed by atoms with Crippen LogP contribution in [0.1, 0.15) is 18.4 Å². The predicted molar refractivity (Wildman–Crippen MR) is 80.0 cm³/mol. The summed E-state index contributed by atoms with van der Waals surface area (Å²) in [6, 6.07) is 6.88. The Hall–Kier alpha value is -2.57. The highest BCUT2D eigenvalue weighted by molar-refractivity contribution is 6.07. The fraction of sp³-hybridized carbons (Fsp3) is 0.438. The van der Waals surface area contributed by atoms with Gasteiger partial charge in [0.15, 0.2) is 0 Å². The number of rotatable bonds is 6. The Kier molecular flexibility index (Phi) is 3.71. The summed E-state index contributed by atoms with van der Waals surface area (Å²) in [5.74, 6) is -1.54. The SMILES string of the molecule is COc1ccc(CCC2(C3CC3C(=O)O)NC(=O)NC2=O)cc1. The van der Waals surface area contributed by atoms with Crippen LogP contribution in [0.3, 0.4) is 0 Å². The van der Waals surface area contributed by atoms with Crippen LogP contribution in [-0.2, 0) is 16.0 Å². The molecule has 122 valence electrons. The van der Waals surface area contributed by atoms with Gasteiger partial charge in [-0.2, -0.15) is 0 Å². The molecule has 2 fully saturated rings. The molecule has 1 saturated heterocycles. The Bertz CT molecular complexity index is 657. The van der Waals surface area contributed by atoms with Gasteiger partial charge < -0.3 is 15.2 Å². The van der Waals surface area contributed by atoms with E-state index in [2.05, 4.69) is 10.6 Å². The first-order chi connectivity index (χ1) is 11.0. The smallest absolute Gasteiger partial charge is 0.322 e. The number of urea groups is 1. The zero-order valence-corrected chi connectivity index (χ0v) is 12.7. The van der Waals surface area contributed by atoms with Gasteiger partial charge in [-0.3, -0.25) is 14.9 Å². The highest BCUT2D eigenvalue weighted by Gasteiger charge is 2.62. The van der Waals surface area contributed by atoms with Crippen LogP contribution in [0.25, 0.3) is 0 Å². The normalized spacial score (nSPS) is 28.9. The van der Waals surface area contributed by atoms with E-state index in [0.717, 1.165) is 11.3 Å². The molecule has 0 spiro atoms. The fourth-order valence-electron chi connectivity index (χ4n) is 3.27. The van der Waals surface area contributed by atoms with Crippen molar-refractivity contribution in [3.63, 3.8) is 0 Å².